The van der Waals surface area contributed by atoms with Crippen LogP contribution >= 0.6 is 11.3 Å². The minimum absolute atomic E-state index is 0.699. The Morgan fingerprint density at radius 2 is 0.656 bits per heavy atom. The van der Waals surface area contributed by atoms with Crippen LogP contribution in [0.15, 0.2) is 218 Å². The molecule has 0 N–H and O–H groups in total. The van der Waals surface area contributed by atoms with Gasteiger partial charge in [-0.1, -0.05) is 182 Å². The molecule has 0 amide bonds. The molecular weight excluding hydrogens is 761 g/mol. The number of rotatable bonds is 8. The normalized spacial score (nSPS) is 11.3. The maximum atomic E-state index is 5.16. The van der Waals surface area contributed by atoms with Crippen LogP contribution in [0.4, 0.5) is 0 Å². The van der Waals surface area contributed by atoms with E-state index in [4.69, 9.17) is 19.9 Å². The minimum Gasteiger partial charge on any atom is -0.228 e. The van der Waals surface area contributed by atoms with E-state index in [1.54, 1.807) is 0 Å². The molecule has 0 radical (unpaired) electrons. The van der Waals surface area contributed by atoms with Crippen molar-refractivity contribution >= 4 is 31.5 Å². The van der Waals surface area contributed by atoms with E-state index in [1.165, 1.54) is 20.2 Å². The molecule has 0 atom stereocenters. The molecule has 61 heavy (non-hydrogen) atoms. The molecule has 3 aromatic heterocycles. The summed E-state index contributed by atoms with van der Waals surface area (Å²) in [6.45, 7) is 0. The van der Waals surface area contributed by atoms with E-state index in [1.807, 2.05) is 72.0 Å². The molecule has 0 fully saturated rings. The zero-order chi connectivity index (χ0) is 40.5. The standard InChI is InChI=1S/C56H36N4S/c1-5-16-38(17-6-1)49-35-51(59-55(57-49)41-20-9-3-10-21-41)40-30-28-37(29-31-40)46-33-48-45-26-13-14-27-53(45)61-54(48)34-47(46)43-24-15-25-44(32-43)52-36-50(39-18-7-2-8-19-39)58-56(60-52)42-22-11-4-12-23-42/h1-36H. The van der Waals surface area contributed by atoms with Gasteiger partial charge < -0.3 is 0 Å². The van der Waals surface area contributed by atoms with Crippen molar-refractivity contribution in [3.63, 3.8) is 0 Å². The fourth-order valence-corrected chi connectivity index (χ4v) is 9.18. The Labute approximate surface area is 358 Å². The van der Waals surface area contributed by atoms with E-state index in [2.05, 4.69) is 158 Å². The van der Waals surface area contributed by atoms with E-state index in [0.29, 0.717) is 11.6 Å². The van der Waals surface area contributed by atoms with Gasteiger partial charge in [-0.2, -0.15) is 0 Å². The Balaban J connectivity index is 1.04. The molecule has 0 aliphatic carbocycles. The van der Waals surface area contributed by atoms with Crippen molar-refractivity contribution in [3.8, 4) is 90.1 Å². The van der Waals surface area contributed by atoms with Gasteiger partial charge in [0.05, 0.1) is 22.8 Å². The predicted molar refractivity (Wildman–Crippen MR) is 254 cm³/mol. The average molecular weight is 797 g/mol. The Hall–Kier alpha value is -7.86. The summed E-state index contributed by atoms with van der Waals surface area (Å²) in [5, 5.41) is 2.53. The Morgan fingerprint density at radius 1 is 0.246 bits per heavy atom. The third kappa shape index (κ3) is 7.18. The summed E-state index contributed by atoms with van der Waals surface area (Å²) in [6, 6.07) is 76.3. The van der Waals surface area contributed by atoms with Crippen molar-refractivity contribution in [2.45, 2.75) is 0 Å². The molecule has 0 spiro atoms. The monoisotopic (exact) mass is 796 g/mol. The molecule has 286 valence electrons. The lowest BCUT2D eigenvalue weighted by atomic mass is 9.91. The van der Waals surface area contributed by atoms with Crippen LogP contribution in [0.3, 0.4) is 0 Å². The SMILES string of the molecule is c1ccc(-c2cc(-c3ccc(-c4cc5c(cc4-c4cccc(-c6cc(-c7ccccc7)nc(-c7ccccc7)n6)c4)sc4ccccc45)cc3)nc(-c3ccccc3)n2)cc1. The third-order valence-electron chi connectivity index (χ3n) is 11.1. The summed E-state index contributed by atoms with van der Waals surface area (Å²) < 4.78 is 2.53. The van der Waals surface area contributed by atoms with Gasteiger partial charge in [-0.15, -0.1) is 11.3 Å². The average Bonchev–Trinajstić information content (AvgIpc) is 3.72. The van der Waals surface area contributed by atoms with Gasteiger partial charge >= 0.3 is 0 Å². The van der Waals surface area contributed by atoms with Crippen molar-refractivity contribution in [2.24, 2.45) is 0 Å². The molecule has 3 heterocycles. The maximum absolute atomic E-state index is 5.16. The highest BCUT2D eigenvalue weighted by atomic mass is 32.1. The Morgan fingerprint density at radius 3 is 1.21 bits per heavy atom. The van der Waals surface area contributed by atoms with Crippen molar-refractivity contribution in [2.75, 3.05) is 0 Å². The fourth-order valence-electron chi connectivity index (χ4n) is 8.05. The second-order valence-corrected chi connectivity index (χ2v) is 16.1. The molecule has 0 aliphatic rings. The molecule has 4 nitrogen and oxygen atoms in total. The largest absolute Gasteiger partial charge is 0.228 e. The molecular formula is C56H36N4S. The number of thiophene rings is 1. The Kier molecular flexibility index (Phi) is 9.34. The molecule has 5 heteroatoms. The smallest absolute Gasteiger partial charge is 0.160 e. The van der Waals surface area contributed by atoms with Crippen LogP contribution in [0.25, 0.3) is 110 Å². The van der Waals surface area contributed by atoms with Crippen molar-refractivity contribution in [3.05, 3.63) is 218 Å². The highest BCUT2D eigenvalue weighted by Gasteiger charge is 2.17. The lowest BCUT2D eigenvalue weighted by molar-refractivity contribution is 1.18. The van der Waals surface area contributed by atoms with E-state index in [0.717, 1.165) is 78.4 Å². The molecule has 11 aromatic rings. The molecule has 8 aromatic carbocycles. The Bertz CT molecular complexity index is 3210. The zero-order valence-corrected chi connectivity index (χ0v) is 33.8. The minimum atomic E-state index is 0.699. The highest BCUT2D eigenvalue weighted by Crippen LogP contribution is 2.43. The number of aromatic nitrogens is 4. The van der Waals surface area contributed by atoms with Crippen LogP contribution in [0, 0.1) is 0 Å². The second kappa shape index (κ2) is 15.7. The van der Waals surface area contributed by atoms with Crippen LogP contribution < -0.4 is 0 Å². The van der Waals surface area contributed by atoms with Crippen LogP contribution in [0.5, 0.6) is 0 Å². The summed E-state index contributed by atoms with van der Waals surface area (Å²) in [4.78, 5) is 20.3. The first-order valence-corrected chi connectivity index (χ1v) is 21.2. The van der Waals surface area contributed by atoms with Gasteiger partial charge in [-0.05, 0) is 58.7 Å². The van der Waals surface area contributed by atoms with E-state index < -0.39 is 0 Å². The van der Waals surface area contributed by atoms with Gasteiger partial charge in [0.1, 0.15) is 0 Å². The summed E-state index contributed by atoms with van der Waals surface area (Å²) in [5.74, 6) is 1.40. The fraction of sp³-hybridized carbons (Fsp3) is 0. The van der Waals surface area contributed by atoms with Gasteiger partial charge in [-0.3, -0.25) is 0 Å². The van der Waals surface area contributed by atoms with Crippen molar-refractivity contribution in [1.29, 1.82) is 0 Å². The van der Waals surface area contributed by atoms with Crippen molar-refractivity contribution in [1.82, 2.24) is 19.9 Å². The second-order valence-electron chi connectivity index (χ2n) is 15.0. The van der Waals surface area contributed by atoms with Gasteiger partial charge in [-0.25, -0.2) is 19.9 Å². The lowest BCUT2D eigenvalue weighted by Crippen LogP contribution is -1.96. The summed E-state index contributed by atoms with van der Waals surface area (Å²) in [7, 11) is 0. The number of hydrogen-bond donors (Lipinski definition) is 0. The third-order valence-corrected chi connectivity index (χ3v) is 12.3. The lowest BCUT2D eigenvalue weighted by Gasteiger charge is -2.14. The molecule has 0 saturated carbocycles. The van der Waals surface area contributed by atoms with Gasteiger partial charge in [0, 0.05) is 53.6 Å². The van der Waals surface area contributed by atoms with Crippen LogP contribution in [0.1, 0.15) is 0 Å². The van der Waals surface area contributed by atoms with Crippen LogP contribution in [-0.2, 0) is 0 Å². The van der Waals surface area contributed by atoms with E-state index in [-0.39, 0.29) is 0 Å². The van der Waals surface area contributed by atoms with E-state index in [9.17, 15) is 0 Å². The maximum Gasteiger partial charge on any atom is 0.160 e. The number of fused-ring (bicyclic) bond motifs is 3. The molecule has 11 rings (SSSR count). The van der Waals surface area contributed by atoms with Crippen LogP contribution in [0.2, 0.25) is 0 Å². The molecule has 0 aliphatic heterocycles. The molecule has 0 saturated heterocycles. The molecule has 0 bridgehead atoms. The van der Waals surface area contributed by atoms with Gasteiger partial charge in [0.2, 0.25) is 0 Å². The van der Waals surface area contributed by atoms with Crippen LogP contribution in [-0.4, -0.2) is 19.9 Å². The van der Waals surface area contributed by atoms with Gasteiger partial charge in [0.25, 0.3) is 0 Å². The van der Waals surface area contributed by atoms with Crippen molar-refractivity contribution < 1.29 is 0 Å². The summed E-state index contributed by atoms with van der Waals surface area (Å²) in [6.07, 6.45) is 0. The highest BCUT2D eigenvalue weighted by molar-refractivity contribution is 7.25. The number of benzene rings is 8. The topological polar surface area (TPSA) is 51.6 Å². The first-order chi connectivity index (χ1) is 30.2. The van der Waals surface area contributed by atoms with Gasteiger partial charge in [0.15, 0.2) is 11.6 Å². The first kappa shape index (κ1) is 36.2. The summed E-state index contributed by atoms with van der Waals surface area (Å²) in [5.41, 5.74) is 14.2. The first-order valence-electron chi connectivity index (χ1n) is 20.4. The van der Waals surface area contributed by atoms with E-state index >= 15 is 0 Å². The number of hydrogen-bond acceptors (Lipinski definition) is 5. The molecule has 0 unspecified atom stereocenters. The number of nitrogens with zero attached hydrogens (tertiary/aromatic N) is 4. The summed E-state index contributed by atoms with van der Waals surface area (Å²) >= 11 is 1.84. The quantitative estimate of drug-likeness (QED) is 0.154. The zero-order valence-electron chi connectivity index (χ0n) is 33.0. The predicted octanol–water partition coefficient (Wildman–Crippen LogP) is 15.0.